The summed E-state index contributed by atoms with van der Waals surface area (Å²) in [6.07, 6.45) is 2.27. The van der Waals surface area contributed by atoms with Gasteiger partial charge in [0, 0.05) is 0 Å². The summed E-state index contributed by atoms with van der Waals surface area (Å²) in [4.78, 5) is 31.8. The van der Waals surface area contributed by atoms with Crippen LogP contribution in [0.4, 0.5) is 0 Å². The van der Waals surface area contributed by atoms with Crippen molar-refractivity contribution >= 4 is 46.0 Å². The first-order valence-corrected chi connectivity index (χ1v) is 12.9. The van der Waals surface area contributed by atoms with Gasteiger partial charge in [-0.2, -0.15) is 5.26 Å². The van der Waals surface area contributed by atoms with Crippen LogP contribution in [0.1, 0.15) is 30.5 Å². The predicted octanol–water partition coefficient (Wildman–Crippen LogP) is 3.31. The Morgan fingerprint density at radius 1 is 1.28 bits per heavy atom. The van der Waals surface area contributed by atoms with Gasteiger partial charge in [-0.3, -0.25) is 9.36 Å². The van der Waals surface area contributed by atoms with Crippen LogP contribution >= 0.6 is 33.9 Å². The molecule has 0 bridgehead atoms. The number of methoxy groups -OCH3 is 2. The number of rotatable bonds is 7. The predicted molar refractivity (Wildman–Crippen MR) is 144 cm³/mol. The van der Waals surface area contributed by atoms with Crippen LogP contribution in [0.5, 0.6) is 11.5 Å². The zero-order valence-corrected chi connectivity index (χ0v) is 22.8. The summed E-state index contributed by atoms with van der Waals surface area (Å²) in [6, 6.07) is 14.3. The Balaban J connectivity index is 1.93. The summed E-state index contributed by atoms with van der Waals surface area (Å²) >= 11 is 3.36. The quantitative estimate of drug-likeness (QED) is 0.299. The lowest BCUT2D eigenvalue weighted by Gasteiger charge is -2.25. The van der Waals surface area contributed by atoms with E-state index in [1.807, 2.05) is 49.4 Å². The van der Waals surface area contributed by atoms with E-state index in [0.29, 0.717) is 38.5 Å². The molecule has 1 aromatic heterocycles. The Labute approximate surface area is 224 Å². The maximum Gasteiger partial charge on any atom is 0.338 e. The molecule has 1 atom stereocenters. The summed E-state index contributed by atoms with van der Waals surface area (Å²) < 4.78 is 18.8. The minimum absolute atomic E-state index is 0.105. The molecule has 2 heterocycles. The number of halogens is 1. The lowest BCUT2D eigenvalue weighted by molar-refractivity contribution is -0.136. The van der Waals surface area contributed by atoms with Crippen LogP contribution in [0.25, 0.3) is 6.08 Å². The number of hydrogen-bond acceptors (Lipinski definition) is 8. The van der Waals surface area contributed by atoms with Crippen LogP contribution in [0, 0.1) is 14.9 Å². The molecule has 1 aliphatic heterocycles. The van der Waals surface area contributed by atoms with Crippen LogP contribution in [0.2, 0.25) is 0 Å². The number of carbonyl (C=O) groups excluding carboxylic acids is 1. The Morgan fingerprint density at radius 2 is 2.03 bits per heavy atom. The van der Waals surface area contributed by atoms with Gasteiger partial charge in [-0.1, -0.05) is 48.6 Å². The van der Waals surface area contributed by atoms with Crippen LogP contribution in [0.15, 0.2) is 63.5 Å². The third kappa shape index (κ3) is 4.81. The third-order valence-corrected chi connectivity index (χ3v) is 7.38. The molecule has 0 amide bonds. The van der Waals surface area contributed by atoms with Crippen LogP contribution in [0.3, 0.4) is 0 Å². The summed E-state index contributed by atoms with van der Waals surface area (Å²) in [5.74, 6) is 0.420. The number of nitrogens with zero attached hydrogens (tertiary/aromatic N) is 3. The fourth-order valence-electron chi connectivity index (χ4n) is 4.03. The molecule has 36 heavy (non-hydrogen) atoms. The molecule has 184 valence electrons. The molecule has 0 N–H and O–H groups in total. The SMILES string of the molecule is CCC1=C(C(=O)OC)[C@@H](c2ccccc2)n2c(s/c(=C\c3cc(I)c(OCC#N)c(OC)c3)c2=O)=N1. The maximum atomic E-state index is 13.7. The lowest BCUT2D eigenvalue weighted by atomic mass is 9.95. The monoisotopic (exact) mass is 615 g/mol. The van der Waals surface area contributed by atoms with E-state index >= 15 is 0 Å². The molecule has 4 rings (SSSR count). The van der Waals surface area contributed by atoms with Crippen molar-refractivity contribution in [2.75, 3.05) is 20.8 Å². The normalized spacial score (nSPS) is 15.1. The van der Waals surface area contributed by atoms with Crippen molar-refractivity contribution in [2.45, 2.75) is 19.4 Å². The second kappa shape index (κ2) is 11.1. The van der Waals surface area contributed by atoms with Crippen molar-refractivity contribution in [1.29, 1.82) is 5.26 Å². The van der Waals surface area contributed by atoms with Crippen molar-refractivity contribution in [1.82, 2.24) is 4.57 Å². The Kier molecular flexibility index (Phi) is 7.91. The number of fused-ring (bicyclic) bond motifs is 1. The molecule has 0 unspecified atom stereocenters. The summed E-state index contributed by atoms with van der Waals surface area (Å²) in [5, 5.41) is 8.85. The number of thiazole rings is 1. The van der Waals surface area contributed by atoms with E-state index in [2.05, 4.69) is 27.6 Å². The molecule has 0 radical (unpaired) electrons. The van der Waals surface area contributed by atoms with Gasteiger partial charge in [0.1, 0.15) is 6.07 Å². The second-order valence-electron chi connectivity index (χ2n) is 7.68. The zero-order valence-electron chi connectivity index (χ0n) is 19.8. The highest BCUT2D eigenvalue weighted by Crippen LogP contribution is 2.34. The number of carbonyl (C=O) groups is 1. The van der Waals surface area contributed by atoms with Gasteiger partial charge >= 0.3 is 5.97 Å². The van der Waals surface area contributed by atoms with Gasteiger partial charge in [0.05, 0.1) is 39.6 Å². The molecule has 10 heteroatoms. The van der Waals surface area contributed by atoms with E-state index in [1.54, 1.807) is 16.7 Å². The van der Waals surface area contributed by atoms with Gasteiger partial charge < -0.3 is 14.2 Å². The molecule has 8 nitrogen and oxygen atoms in total. The molecule has 0 aliphatic carbocycles. The van der Waals surface area contributed by atoms with Gasteiger partial charge in [0.25, 0.3) is 5.56 Å². The third-order valence-electron chi connectivity index (χ3n) is 5.60. The van der Waals surface area contributed by atoms with Crippen LogP contribution in [-0.2, 0) is 9.53 Å². The fraction of sp³-hybridized carbons (Fsp3) is 0.231. The van der Waals surface area contributed by atoms with Crippen molar-refractivity contribution < 1.29 is 19.0 Å². The Hall–Kier alpha value is -3.43. The summed E-state index contributed by atoms with van der Waals surface area (Å²) in [5.41, 5.74) is 2.22. The number of hydrogen-bond donors (Lipinski definition) is 0. The average Bonchev–Trinajstić information content (AvgIpc) is 3.20. The Bertz CT molecular complexity index is 1570. The van der Waals surface area contributed by atoms with Crippen LogP contribution in [-0.4, -0.2) is 31.4 Å². The number of allylic oxidation sites excluding steroid dienone is 1. The maximum absolute atomic E-state index is 13.7. The molecular weight excluding hydrogens is 593 g/mol. The van der Waals surface area contributed by atoms with Gasteiger partial charge in [0.2, 0.25) is 0 Å². The van der Waals surface area contributed by atoms with Gasteiger partial charge in [-0.05, 0) is 58.3 Å². The molecular formula is C26H22IN3O5S. The van der Waals surface area contributed by atoms with E-state index in [-0.39, 0.29) is 12.2 Å². The minimum atomic E-state index is -0.650. The molecule has 0 saturated heterocycles. The number of nitriles is 1. The number of aromatic nitrogens is 1. The standard InChI is InChI=1S/C26H22IN3O5S/c1-4-18-21(25(32)34-3)22(16-8-6-5-7-9-16)30-24(31)20(36-26(30)29-18)14-15-12-17(27)23(35-11-10-28)19(13-15)33-2/h5-9,12-14,22H,4,11H2,1-3H3/b20-14-/t22-/m1/s1. The first-order valence-electron chi connectivity index (χ1n) is 11.0. The lowest BCUT2D eigenvalue weighted by Crippen LogP contribution is -2.40. The largest absolute Gasteiger partial charge is 0.493 e. The zero-order chi connectivity index (χ0) is 25.8. The minimum Gasteiger partial charge on any atom is -0.493 e. The molecule has 0 fully saturated rings. The van der Waals surface area contributed by atoms with E-state index in [1.165, 1.54) is 25.6 Å². The highest BCUT2D eigenvalue weighted by atomic mass is 127. The topological polar surface area (TPSA) is 103 Å². The number of ether oxygens (including phenoxy) is 3. The van der Waals surface area contributed by atoms with Gasteiger partial charge in [-0.15, -0.1) is 0 Å². The van der Waals surface area contributed by atoms with Crippen LogP contribution < -0.4 is 24.4 Å². The molecule has 2 aromatic carbocycles. The van der Waals surface area contributed by atoms with Crippen molar-refractivity contribution in [3.8, 4) is 17.6 Å². The van der Waals surface area contributed by atoms with Crippen molar-refractivity contribution in [3.63, 3.8) is 0 Å². The van der Waals surface area contributed by atoms with E-state index < -0.39 is 12.0 Å². The first kappa shape index (κ1) is 25.7. The molecule has 0 spiro atoms. The number of benzene rings is 2. The summed E-state index contributed by atoms with van der Waals surface area (Å²) in [7, 11) is 2.84. The first-order chi connectivity index (χ1) is 17.4. The molecule has 0 saturated carbocycles. The van der Waals surface area contributed by atoms with E-state index in [4.69, 9.17) is 19.5 Å². The molecule has 1 aliphatic rings. The van der Waals surface area contributed by atoms with E-state index in [0.717, 1.165) is 14.7 Å². The highest BCUT2D eigenvalue weighted by molar-refractivity contribution is 14.1. The highest BCUT2D eigenvalue weighted by Gasteiger charge is 2.33. The average molecular weight is 615 g/mol. The smallest absolute Gasteiger partial charge is 0.338 e. The summed E-state index contributed by atoms with van der Waals surface area (Å²) in [6.45, 7) is 1.81. The molecule has 3 aromatic rings. The Morgan fingerprint density at radius 3 is 2.67 bits per heavy atom. The number of esters is 1. The van der Waals surface area contributed by atoms with Gasteiger partial charge in [-0.25, -0.2) is 9.79 Å². The fourth-order valence-corrected chi connectivity index (χ4v) is 5.83. The van der Waals surface area contributed by atoms with E-state index in [9.17, 15) is 9.59 Å². The van der Waals surface area contributed by atoms with Crippen molar-refractivity contribution in [2.24, 2.45) is 4.99 Å². The second-order valence-corrected chi connectivity index (χ2v) is 9.85. The van der Waals surface area contributed by atoms with Gasteiger partial charge in [0.15, 0.2) is 22.9 Å². The van der Waals surface area contributed by atoms with Crippen molar-refractivity contribution in [3.05, 3.63) is 88.1 Å².